The fourth-order valence-corrected chi connectivity index (χ4v) is 0.981. The van der Waals surface area contributed by atoms with Crippen molar-refractivity contribution in [3.63, 3.8) is 0 Å². The summed E-state index contributed by atoms with van der Waals surface area (Å²) >= 11 is 0. The normalized spacial score (nSPS) is 12.6. The summed E-state index contributed by atoms with van der Waals surface area (Å²) in [5.74, 6) is 0.424. The quantitative estimate of drug-likeness (QED) is 0.733. The fourth-order valence-electron chi connectivity index (χ4n) is 0.981. The average molecular weight is 197 g/mol. The van der Waals surface area contributed by atoms with Gasteiger partial charge >= 0.3 is 0 Å². The first-order valence-electron chi connectivity index (χ1n) is 4.50. The van der Waals surface area contributed by atoms with Crippen molar-refractivity contribution in [2.75, 3.05) is 6.54 Å². The first-order valence-corrected chi connectivity index (χ1v) is 4.50. The molecule has 1 rings (SSSR count). The van der Waals surface area contributed by atoms with E-state index in [1.807, 2.05) is 6.92 Å². The van der Waals surface area contributed by atoms with Crippen molar-refractivity contribution in [3.8, 4) is 0 Å². The maximum atomic E-state index is 11.6. The Morgan fingerprint density at radius 3 is 2.71 bits per heavy atom. The molecule has 0 aliphatic carbocycles. The smallest absolute Gasteiger partial charge is 0.274 e. The van der Waals surface area contributed by atoms with E-state index in [1.54, 1.807) is 13.8 Å². The Bertz CT molecular complexity index is 333. The molecule has 0 bridgehead atoms. The molecule has 5 heteroatoms. The Balaban J connectivity index is 2.75. The number of carbonyl (C=O) groups excluding carboxylic acids is 1. The van der Waals surface area contributed by atoms with Crippen molar-refractivity contribution < 1.29 is 9.32 Å². The number of rotatable bonds is 3. The molecule has 0 radical (unpaired) electrons. The maximum absolute atomic E-state index is 11.6. The molecule has 0 aliphatic rings. The number of nitrogens with two attached hydrogens (primary N) is 1. The Labute approximate surface area is 82.6 Å². The molecule has 1 heterocycles. The molecule has 0 spiro atoms. The molecule has 1 aromatic heterocycles. The predicted octanol–water partition coefficient (Wildman–Crippen LogP) is 0.368. The van der Waals surface area contributed by atoms with Crippen LogP contribution in [0.15, 0.2) is 4.52 Å². The van der Waals surface area contributed by atoms with Gasteiger partial charge in [0.15, 0.2) is 5.69 Å². The van der Waals surface area contributed by atoms with E-state index in [-0.39, 0.29) is 11.9 Å². The summed E-state index contributed by atoms with van der Waals surface area (Å²) in [4.78, 5) is 11.6. The van der Waals surface area contributed by atoms with Crippen molar-refractivity contribution in [3.05, 3.63) is 17.0 Å². The van der Waals surface area contributed by atoms with E-state index in [0.29, 0.717) is 18.0 Å². The summed E-state index contributed by atoms with van der Waals surface area (Å²) in [5.41, 5.74) is 6.49. The average Bonchev–Trinajstić information content (AvgIpc) is 2.47. The molecule has 1 atom stereocenters. The number of aryl methyl sites for hydroxylation is 1. The van der Waals surface area contributed by atoms with Gasteiger partial charge in [-0.25, -0.2) is 0 Å². The van der Waals surface area contributed by atoms with E-state index in [9.17, 15) is 4.79 Å². The van der Waals surface area contributed by atoms with Crippen molar-refractivity contribution in [1.82, 2.24) is 10.5 Å². The summed E-state index contributed by atoms with van der Waals surface area (Å²) in [6, 6.07) is -0.0566. The molecular formula is C9H15N3O2. The van der Waals surface area contributed by atoms with Crippen LogP contribution >= 0.6 is 0 Å². The van der Waals surface area contributed by atoms with Gasteiger partial charge in [-0.1, -0.05) is 5.16 Å². The molecule has 0 saturated heterocycles. The Kier molecular flexibility index (Phi) is 3.24. The van der Waals surface area contributed by atoms with E-state index >= 15 is 0 Å². The zero-order chi connectivity index (χ0) is 10.7. The highest BCUT2D eigenvalue weighted by molar-refractivity contribution is 5.93. The molecule has 14 heavy (non-hydrogen) atoms. The minimum atomic E-state index is -0.239. The summed E-state index contributed by atoms with van der Waals surface area (Å²) in [7, 11) is 0. The zero-order valence-electron chi connectivity index (χ0n) is 8.63. The van der Waals surface area contributed by atoms with Gasteiger partial charge in [0.05, 0.1) is 0 Å². The summed E-state index contributed by atoms with van der Waals surface area (Å²) in [6.07, 6.45) is 0. The number of nitrogens with zero attached hydrogens (tertiary/aromatic N) is 1. The number of hydrogen-bond acceptors (Lipinski definition) is 4. The molecule has 3 N–H and O–H groups in total. The van der Waals surface area contributed by atoms with Crippen LogP contribution in [0.4, 0.5) is 0 Å². The topological polar surface area (TPSA) is 81.2 Å². The van der Waals surface area contributed by atoms with Gasteiger partial charge in [0.1, 0.15) is 5.76 Å². The molecule has 5 nitrogen and oxygen atoms in total. The van der Waals surface area contributed by atoms with Crippen molar-refractivity contribution >= 4 is 5.91 Å². The second kappa shape index (κ2) is 4.23. The largest absolute Gasteiger partial charge is 0.361 e. The number of amides is 1. The number of hydrogen-bond donors (Lipinski definition) is 2. The van der Waals surface area contributed by atoms with E-state index < -0.39 is 0 Å². The number of carbonyl (C=O) groups is 1. The van der Waals surface area contributed by atoms with E-state index in [4.69, 9.17) is 10.3 Å². The summed E-state index contributed by atoms with van der Waals surface area (Å²) in [6.45, 7) is 5.81. The van der Waals surface area contributed by atoms with Crippen molar-refractivity contribution in [1.29, 1.82) is 0 Å². The molecular weight excluding hydrogens is 182 g/mol. The van der Waals surface area contributed by atoms with Crippen LogP contribution in [0.1, 0.15) is 28.7 Å². The maximum Gasteiger partial charge on any atom is 0.274 e. The minimum absolute atomic E-state index is 0.0566. The van der Waals surface area contributed by atoms with Crippen LogP contribution in [-0.4, -0.2) is 23.7 Å². The Morgan fingerprint density at radius 2 is 2.29 bits per heavy atom. The number of aromatic nitrogens is 1. The summed E-state index contributed by atoms with van der Waals surface area (Å²) < 4.78 is 4.89. The van der Waals surface area contributed by atoms with Crippen LogP contribution in [0.25, 0.3) is 0 Å². The van der Waals surface area contributed by atoms with E-state index in [2.05, 4.69) is 10.5 Å². The van der Waals surface area contributed by atoms with Gasteiger partial charge in [0.25, 0.3) is 5.91 Å². The number of nitrogens with one attached hydrogen (secondary N) is 1. The molecule has 1 amide bonds. The van der Waals surface area contributed by atoms with E-state index in [0.717, 1.165) is 5.56 Å². The molecule has 78 valence electrons. The lowest BCUT2D eigenvalue weighted by molar-refractivity contribution is 0.0931. The second-order valence-corrected chi connectivity index (χ2v) is 3.32. The highest BCUT2D eigenvalue weighted by atomic mass is 16.5. The molecule has 0 fully saturated rings. The third kappa shape index (κ3) is 2.11. The first-order chi connectivity index (χ1) is 6.56. The van der Waals surface area contributed by atoms with Gasteiger partial charge in [-0.2, -0.15) is 0 Å². The lowest BCUT2D eigenvalue weighted by Crippen LogP contribution is -2.38. The standard InChI is InChI=1S/C9H15N3O2/c1-5(4-10)11-9(13)8-6(2)7(3)14-12-8/h5H,4,10H2,1-3H3,(H,11,13). The van der Waals surface area contributed by atoms with Crippen LogP contribution < -0.4 is 11.1 Å². The SMILES string of the molecule is Cc1onc(C(=O)NC(C)CN)c1C. The molecule has 0 aliphatic heterocycles. The van der Waals surface area contributed by atoms with Gasteiger partial charge in [-0.05, 0) is 20.8 Å². The van der Waals surface area contributed by atoms with Gasteiger partial charge < -0.3 is 15.6 Å². The van der Waals surface area contributed by atoms with Crippen LogP contribution in [0.3, 0.4) is 0 Å². The Hall–Kier alpha value is -1.36. The van der Waals surface area contributed by atoms with E-state index in [1.165, 1.54) is 0 Å². The third-order valence-electron chi connectivity index (χ3n) is 2.10. The third-order valence-corrected chi connectivity index (χ3v) is 2.10. The van der Waals surface area contributed by atoms with Gasteiger partial charge in [0.2, 0.25) is 0 Å². The Morgan fingerprint density at radius 1 is 1.64 bits per heavy atom. The second-order valence-electron chi connectivity index (χ2n) is 3.32. The van der Waals surface area contributed by atoms with Crippen LogP contribution in [0.5, 0.6) is 0 Å². The minimum Gasteiger partial charge on any atom is -0.361 e. The summed E-state index contributed by atoms with van der Waals surface area (Å²) in [5, 5.41) is 6.39. The monoisotopic (exact) mass is 197 g/mol. The fraction of sp³-hybridized carbons (Fsp3) is 0.556. The molecule has 1 unspecified atom stereocenters. The van der Waals surface area contributed by atoms with Crippen LogP contribution in [0.2, 0.25) is 0 Å². The van der Waals surface area contributed by atoms with Gasteiger partial charge in [0, 0.05) is 18.2 Å². The van der Waals surface area contributed by atoms with Crippen molar-refractivity contribution in [2.45, 2.75) is 26.8 Å². The lowest BCUT2D eigenvalue weighted by Gasteiger charge is -2.09. The highest BCUT2D eigenvalue weighted by Gasteiger charge is 2.17. The molecule has 0 aromatic carbocycles. The van der Waals surface area contributed by atoms with Crippen LogP contribution in [-0.2, 0) is 0 Å². The molecule has 0 saturated carbocycles. The zero-order valence-corrected chi connectivity index (χ0v) is 8.63. The molecule has 1 aromatic rings. The van der Waals surface area contributed by atoms with Gasteiger partial charge in [-0.3, -0.25) is 4.79 Å². The lowest BCUT2D eigenvalue weighted by atomic mass is 10.2. The predicted molar refractivity (Wildman–Crippen MR) is 52.0 cm³/mol. The first kappa shape index (κ1) is 10.7. The van der Waals surface area contributed by atoms with Crippen LogP contribution in [0, 0.1) is 13.8 Å². The van der Waals surface area contributed by atoms with Crippen molar-refractivity contribution in [2.24, 2.45) is 5.73 Å². The van der Waals surface area contributed by atoms with Gasteiger partial charge in [-0.15, -0.1) is 0 Å². The highest BCUT2D eigenvalue weighted by Crippen LogP contribution is 2.10.